The Kier molecular flexibility index (Phi) is 3.97. The van der Waals surface area contributed by atoms with Crippen molar-refractivity contribution in [2.75, 3.05) is 6.26 Å². The van der Waals surface area contributed by atoms with Gasteiger partial charge in [0.2, 0.25) is 5.56 Å². The molecule has 2 heterocycles. The Bertz CT molecular complexity index is 580. The molecule has 5 nitrogen and oxygen atoms in total. The molecule has 1 N–H and O–H groups in total. The lowest BCUT2D eigenvalue weighted by Gasteiger charge is -2.32. The smallest absolute Gasteiger partial charge is 0.398 e. The summed E-state index contributed by atoms with van der Waals surface area (Å²) in [6, 6.07) is 3.11. The molecular formula is C13H20BNO4S. The normalized spacial score (nSPS) is 21.9. The predicted octanol–water partition coefficient (Wildman–Crippen LogP) is 0.553. The zero-order valence-corrected chi connectivity index (χ0v) is 13.3. The molecule has 0 amide bonds. The van der Waals surface area contributed by atoms with Crippen LogP contribution in [0.5, 0.6) is 0 Å². The van der Waals surface area contributed by atoms with Crippen LogP contribution in [0.4, 0.5) is 0 Å². The van der Waals surface area contributed by atoms with Crippen molar-refractivity contribution in [3.8, 4) is 0 Å². The van der Waals surface area contributed by atoms with Crippen LogP contribution in [0.25, 0.3) is 0 Å². The lowest BCUT2D eigenvalue weighted by molar-refractivity contribution is 0.00578. The first-order valence-corrected chi connectivity index (χ1v) is 8.23. The molecule has 1 saturated heterocycles. The van der Waals surface area contributed by atoms with Gasteiger partial charge in [0.1, 0.15) is 0 Å². The van der Waals surface area contributed by atoms with Gasteiger partial charge < -0.3 is 14.3 Å². The molecule has 0 saturated carbocycles. The van der Waals surface area contributed by atoms with Crippen molar-refractivity contribution in [1.82, 2.24) is 4.98 Å². The van der Waals surface area contributed by atoms with Crippen LogP contribution in [-0.4, -0.2) is 33.8 Å². The highest BCUT2D eigenvalue weighted by atomic mass is 32.2. The molecule has 20 heavy (non-hydrogen) atoms. The van der Waals surface area contributed by atoms with Crippen LogP contribution in [0, 0.1) is 0 Å². The first kappa shape index (κ1) is 15.5. The van der Waals surface area contributed by atoms with Crippen LogP contribution in [0.3, 0.4) is 0 Å². The van der Waals surface area contributed by atoms with E-state index in [4.69, 9.17) is 9.31 Å². The molecule has 7 heteroatoms. The molecule has 110 valence electrons. The van der Waals surface area contributed by atoms with Crippen molar-refractivity contribution in [3.05, 3.63) is 28.0 Å². The number of hydrogen-bond acceptors (Lipinski definition) is 4. The van der Waals surface area contributed by atoms with Gasteiger partial charge in [-0.3, -0.25) is 9.00 Å². The Hall–Kier alpha value is -0.915. The zero-order valence-electron chi connectivity index (χ0n) is 12.5. The summed E-state index contributed by atoms with van der Waals surface area (Å²) in [6.45, 7) is 7.80. The van der Waals surface area contributed by atoms with Crippen molar-refractivity contribution in [2.45, 2.75) is 44.6 Å². The molecule has 1 unspecified atom stereocenters. The SMILES string of the molecule is CS(=O)Cc1ccc(=O)[nH]c1B1OC(C)(C)C(C)(C)O1. The van der Waals surface area contributed by atoms with Crippen LogP contribution < -0.4 is 11.2 Å². The van der Waals surface area contributed by atoms with E-state index in [1.54, 1.807) is 12.3 Å². The van der Waals surface area contributed by atoms with E-state index >= 15 is 0 Å². The van der Waals surface area contributed by atoms with E-state index in [0.29, 0.717) is 11.3 Å². The van der Waals surface area contributed by atoms with Gasteiger partial charge in [-0.1, -0.05) is 6.07 Å². The molecular weight excluding hydrogens is 277 g/mol. The Labute approximate surface area is 121 Å². The maximum Gasteiger partial charge on any atom is 0.512 e. The van der Waals surface area contributed by atoms with Gasteiger partial charge in [0.15, 0.2) is 0 Å². The summed E-state index contributed by atoms with van der Waals surface area (Å²) < 4.78 is 23.3. The zero-order chi connectivity index (χ0) is 15.1. The number of pyridine rings is 1. The fourth-order valence-corrected chi connectivity index (χ4v) is 2.73. The lowest BCUT2D eigenvalue weighted by Crippen LogP contribution is -2.42. The first-order chi connectivity index (χ1) is 9.12. The number of hydrogen-bond donors (Lipinski definition) is 1. The summed E-state index contributed by atoms with van der Waals surface area (Å²) in [5, 5.41) is 0. The van der Waals surface area contributed by atoms with Gasteiger partial charge in [-0.25, -0.2) is 0 Å². The second-order valence-corrected chi connectivity index (χ2v) is 7.50. The largest absolute Gasteiger partial charge is 0.512 e. The van der Waals surface area contributed by atoms with Crippen molar-refractivity contribution in [3.63, 3.8) is 0 Å². The topological polar surface area (TPSA) is 68.4 Å². The average Bonchev–Trinajstić information content (AvgIpc) is 2.50. The van der Waals surface area contributed by atoms with Gasteiger partial charge in [-0.15, -0.1) is 0 Å². The second-order valence-electron chi connectivity index (χ2n) is 6.07. The summed E-state index contributed by atoms with van der Waals surface area (Å²) in [5.74, 6) is 0.357. The maximum absolute atomic E-state index is 11.6. The highest BCUT2D eigenvalue weighted by Crippen LogP contribution is 2.36. The summed E-state index contributed by atoms with van der Waals surface area (Å²) in [4.78, 5) is 14.3. The van der Waals surface area contributed by atoms with E-state index in [0.717, 1.165) is 5.56 Å². The maximum atomic E-state index is 11.6. The fourth-order valence-electron chi connectivity index (χ4n) is 2.04. The number of aromatic nitrogens is 1. The highest BCUT2D eigenvalue weighted by molar-refractivity contribution is 7.83. The molecule has 0 radical (unpaired) electrons. The third-order valence-electron chi connectivity index (χ3n) is 3.89. The van der Waals surface area contributed by atoms with Gasteiger partial charge in [0, 0.05) is 28.9 Å². The molecule has 1 aliphatic rings. The van der Waals surface area contributed by atoms with Gasteiger partial charge in [0.25, 0.3) is 0 Å². The highest BCUT2D eigenvalue weighted by Gasteiger charge is 2.52. The van der Waals surface area contributed by atoms with Crippen molar-refractivity contribution in [1.29, 1.82) is 0 Å². The molecule has 1 fully saturated rings. The molecule has 1 aromatic heterocycles. The molecule has 1 aromatic rings. The Morgan fingerprint density at radius 2 is 1.75 bits per heavy atom. The van der Waals surface area contributed by atoms with Gasteiger partial charge in [0.05, 0.1) is 16.8 Å². The summed E-state index contributed by atoms with van der Waals surface area (Å²) >= 11 is 0. The minimum absolute atomic E-state index is 0.222. The van der Waals surface area contributed by atoms with Crippen LogP contribution in [0.1, 0.15) is 33.3 Å². The van der Waals surface area contributed by atoms with Crippen LogP contribution >= 0.6 is 0 Å². The number of H-pyrrole nitrogens is 1. The summed E-state index contributed by atoms with van der Waals surface area (Å²) in [7, 11) is -1.65. The molecule has 0 aliphatic carbocycles. The second kappa shape index (κ2) is 5.13. The minimum atomic E-state index is -1.01. The summed E-state index contributed by atoms with van der Waals surface area (Å²) in [6.07, 6.45) is 1.62. The number of nitrogens with one attached hydrogen (secondary N) is 1. The quantitative estimate of drug-likeness (QED) is 0.827. The van der Waals surface area contributed by atoms with Crippen molar-refractivity contribution < 1.29 is 13.5 Å². The van der Waals surface area contributed by atoms with Crippen molar-refractivity contribution in [2.24, 2.45) is 0 Å². The molecule has 0 aromatic carbocycles. The summed E-state index contributed by atoms with van der Waals surface area (Å²) in [5.41, 5.74) is 0.163. The minimum Gasteiger partial charge on any atom is -0.398 e. The Morgan fingerprint density at radius 3 is 2.25 bits per heavy atom. The van der Waals surface area contributed by atoms with E-state index < -0.39 is 29.1 Å². The van der Waals surface area contributed by atoms with Gasteiger partial charge >= 0.3 is 7.12 Å². The van der Waals surface area contributed by atoms with Crippen LogP contribution in [0.2, 0.25) is 0 Å². The third-order valence-corrected chi connectivity index (χ3v) is 4.60. The van der Waals surface area contributed by atoms with E-state index in [-0.39, 0.29) is 5.56 Å². The standard InChI is InChI=1S/C13H20BNO4S/c1-12(2)13(3,4)19-14(18-12)11-9(8-20(5)17)6-7-10(16)15-11/h6-7H,8H2,1-5H3,(H,15,16). The van der Waals surface area contributed by atoms with Crippen molar-refractivity contribution >= 4 is 23.5 Å². The van der Waals surface area contributed by atoms with E-state index in [1.807, 2.05) is 27.7 Å². The Balaban J connectivity index is 2.41. The Morgan fingerprint density at radius 1 is 1.20 bits per heavy atom. The lowest BCUT2D eigenvalue weighted by atomic mass is 9.81. The van der Waals surface area contributed by atoms with Gasteiger partial charge in [-0.05, 0) is 33.3 Å². The van der Waals surface area contributed by atoms with E-state index in [2.05, 4.69) is 4.98 Å². The predicted molar refractivity (Wildman–Crippen MR) is 80.5 cm³/mol. The third kappa shape index (κ3) is 2.89. The fraction of sp³-hybridized carbons (Fsp3) is 0.615. The average molecular weight is 297 g/mol. The monoisotopic (exact) mass is 297 g/mol. The van der Waals surface area contributed by atoms with E-state index in [1.165, 1.54) is 6.07 Å². The van der Waals surface area contributed by atoms with Gasteiger partial charge in [-0.2, -0.15) is 0 Å². The number of aromatic amines is 1. The molecule has 0 bridgehead atoms. The van der Waals surface area contributed by atoms with Crippen LogP contribution in [-0.2, 0) is 25.9 Å². The van der Waals surface area contributed by atoms with Crippen LogP contribution in [0.15, 0.2) is 16.9 Å². The molecule has 1 atom stereocenters. The first-order valence-electron chi connectivity index (χ1n) is 6.50. The molecule has 0 spiro atoms. The molecule has 1 aliphatic heterocycles. The molecule has 2 rings (SSSR count). The van der Waals surface area contributed by atoms with E-state index in [9.17, 15) is 9.00 Å². The number of rotatable bonds is 3.